The molecule has 0 spiro atoms. The zero-order valence-corrected chi connectivity index (χ0v) is 19.6. The highest BCUT2D eigenvalue weighted by molar-refractivity contribution is 6.06. The van der Waals surface area contributed by atoms with Gasteiger partial charge in [0, 0.05) is 24.2 Å². The molecule has 6 rings (SSSR count). The fraction of sp³-hybridized carbons (Fsp3) is 0.240. The van der Waals surface area contributed by atoms with Gasteiger partial charge in [-0.2, -0.15) is 5.10 Å². The number of nitrogen functional groups attached to an aromatic ring is 1. The lowest BCUT2D eigenvalue weighted by Crippen LogP contribution is -2.40. The van der Waals surface area contributed by atoms with Gasteiger partial charge in [0.1, 0.15) is 17.8 Å². The number of nitrogens with two attached hydrogens (primary N) is 1. The molecule has 2 aromatic carbocycles. The number of aromatic nitrogens is 4. The third kappa shape index (κ3) is 3.92. The van der Waals surface area contributed by atoms with Crippen molar-refractivity contribution < 1.29 is 24.2 Å². The quantitative estimate of drug-likeness (QED) is 0.381. The number of nitrogens with one attached hydrogen (secondary N) is 1. The van der Waals surface area contributed by atoms with E-state index in [4.69, 9.17) is 20.3 Å². The van der Waals surface area contributed by atoms with Gasteiger partial charge in [-0.25, -0.2) is 19.4 Å². The van der Waals surface area contributed by atoms with Crippen molar-refractivity contribution in [3.05, 3.63) is 54.4 Å². The van der Waals surface area contributed by atoms with Gasteiger partial charge in [-0.05, 0) is 37.1 Å². The summed E-state index contributed by atoms with van der Waals surface area (Å²) < 4.78 is 13.3. The molecule has 0 radical (unpaired) electrons. The number of ether oxygens (including phenoxy) is 2. The first-order valence-electron chi connectivity index (χ1n) is 11.8. The van der Waals surface area contributed by atoms with Crippen molar-refractivity contribution in [2.75, 3.05) is 30.9 Å². The van der Waals surface area contributed by atoms with Crippen LogP contribution in [-0.4, -0.2) is 61.6 Å². The lowest BCUT2D eigenvalue weighted by molar-refractivity contribution is 0.102. The van der Waals surface area contributed by atoms with Gasteiger partial charge in [0.25, 0.3) is 5.91 Å². The number of carbonyl (C=O) groups is 2. The molecule has 1 fully saturated rings. The number of fused-ring (bicyclic) bond motifs is 2. The first kappa shape index (κ1) is 22.6. The van der Waals surface area contributed by atoms with E-state index in [0.717, 1.165) is 6.42 Å². The predicted octanol–water partition coefficient (Wildman–Crippen LogP) is 3.37. The summed E-state index contributed by atoms with van der Waals surface area (Å²) in [4.78, 5) is 34.3. The third-order valence-electron chi connectivity index (χ3n) is 6.59. The number of hydrogen-bond donors (Lipinski definition) is 3. The fourth-order valence-corrected chi connectivity index (χ4v) is 4.83. The lowest BCUT2D eigenvalue weighted by Gasteiger charge is -2.30. The van der Waals surface area contributed by atoms with Crippen molar-refractivity contribution in [2.24, 2.45) is 0 Å². The minimum atomic E-state index is -0.966. The molecule has 0 aliphatic carbocycles. The average Bonchev–Trinajstić information content (AvgIpc) is 3.56. The number of hydrogen-bond acceptors (Lipinski definition) is 8. The molecule has 12 heteroatoms. The van der Waals surface area contributed by atoms with Crippen molar-refractivity contribution in [3.63, 3.8) is 0 Å². The van der Waals surface area contributed by atoms with Crippen LogP contribution >= 0.6 is 0 Å². The van der Waals surface area contributed by atoms with E-state index in [-0.39, 0.29) is 31.1 Å². The highest BCUT2D eigenvalue weighted by Crippen LogP contribution is 2.48. The number of carboxylic acid groups (broad SMARTS) is 1. The number of piperidine rings is 1. The summed E-state index contributed by atoms with van der Waals surface area (Å²) in [6.07, 6.45) is 1.85. The topological polar surface area (TPSA) is 158 Å². The summed E-state index contributed by atoms with van der Waals surface area (Å²) in [6, 6.07) is 12.1. The van der Waals surface area contributed by atoms with Crippen LogP contribution in [0.2, 0.25) is 0 Å². The van der Waals surface area contributed by atoms with Crippen molar-refractivity contribution in [3.8, 4) is 22.8 Å². The molecule has 2 aliphatic heterocycles. The van der Waals surface area contributed by atoms with Crippen molar-refractivity contribution in [1.82, 2.24) is 24.6 Å². The van der Waals surface area contributed by atoms with Crippen molar-refractivity contribution >= 4 is 34.5 Å². The third-order valence-corrected chi connectivity index (χ3v) is 6.59. The molecule has 4 aromatic rings. The molecule has 12 nitrogen and oxygen atoms in total. The van der Waals surface area contributed by atoms with Crippen LogP contribution in [0.25, 0.3) is 22.3 Å². The number of carbonyl (C=O) groups excluding carboxylic acids is 1. The number of nitrogens with zero attached hydrogens (tertiary/aromatic N) is 5. The van der Waals surface area contributed by atoms with Gasteiger partial charge in [0.15, 0.2) is 17.1 Å². The zero-order chi connectivity index (χ0) is 25.5. The summed E-state index contributed by atoms with van der Waals surface area (Å²) in [6.45, 7) is 0.739. The summed E-state index contributed by atoms with van der Waals surface area (Å²) in [5.74, 6) is 0.760. The Morgan fingerprint density at radius 1 is 1.08 bits per heavy atom. The molecule has 2 aromatic heterocycles. The normalized spacial score (nSPS) is 16.6. The van der Waals surface area contributed by atoms with Crippen molar-refractivity contribution in [1.29, 1.82) is 0 Å². The molecular formula is C25H23N7O5. The number of rotatable bonds is 4. The minimum Gasteiger partial charge on any atom is -0.465 e. The molecule has 188 valence electrons. The summed E-state index contributed by atoms with van der Waals surface area (Å²) in [7, 11) is 0. The number of benzene rings is 2. The van der Waals surface area contributed by atoms with Crippen LogP contribution in [0.15, 0.2) is 48.8 Å². The minimum absolute atomic E-state index is 0.0264. The van der Waals surface area contributed by atoms with Gasteiger partial charge in [-0.15, -0.1) is 0 Å². The monoisotopic (exact) mass is 501 g/mol. The van der Waals surface area contributed by atoms with Crippen LogP contribution in [0.4, 0.5) is 16.3 Å². The Bertz CT molecular complexity index is 1520. The van der Waals surface area contributed by atoms with Gasteiger partial charge in [-0.3, -0.25) is 4.79 Å². The van der Waals surface area contributed by atoms with E-state index >= 15 is 0 Å². The Hall–Kier alpha value is -4.87. The standard InChI is InChI=1S/C25H23N7O5/c26-22-18-19(30-32(23(18)28-12-27-22)15-7-4-10-31(11-15)25(34)35)16-8-9-17(21-20(16)36-13-37-21)29-24(33)14-5-2-1-3-6-14/h1-3,5-6,8-9,12,15H,4,7,10-11,13H2,(H,29,33)(H,34,35)(H2,26,27,28)/t15-/m1/s1. The van der Waals surface area contributed by atoms with Crippen LogP contribution in [0, 0.1) is 0 Å². The average molecular weight is 502 g/mol. The summed E-state index contributed by atoms with van der Waals surface area (Å²) >= 11 is 0. The van der Waals surface area contributed by atoms with Crippen LogP contribution in [0.1, 0.15) is 29.2 Å². The largest absolute Gasteiger partial charge is 0.465 e. The van der Waals surface area contributed by atoms with Gasteiger partial charge >= 0.3 is 6.09 Å². The molecule has 1 saturated heterocycles. The van der Waals surface area contributed by atoms with Gasteiger partial charge in [0.2, 0.25) is 6.79 Å². The van der Waals surface area contributed by atoms with E-state index in [1.165, 1.54) is 11.2 Å². The first-order chi connectivity index (χ1) is 18.0. The molecule has 2 aliphatic rings. The summed E-state index contributed by atoms with van der Waals surface area (Å²) in [5.41, 5.74) is 8.85. The zero-order valence-electron chi connectivity index (χ0n) is 19.6. The number of likely N-dealkylation sites (tertiary alicyclic amines) is 1. The van der Waals surface area contributed by atoms with Gasteiger partial charge in [0.05, 0.1) is 17.1 Å². The molecule has 4 heterocycles. The number of anilines is 2. The number of amides is 2. The van der Waals surface area contributed by atoms with E-state index in [1.54, 1.807) is 41.1 Å². The maximum absolute atomic E-state index is 12.7. The Morgan fingerprint density at radius 2 is 1.89 bits per heavy atom. The molecule has 0 saturated carbocycles. The molecular weight excluding hydrogens is 478 g/mol. The van der Waals surface area contributed by atoms with E-state index < -0.39 is 6.09 Å². The van der Waals surface area contributed by atoms with Gasteiger partial charge in [-0.1, -0.05) is 18.2 Å². The second-order valence-electron chi connectivity index (χ2n) is 8.82. The van der Waals surface area contributed by atoms with E-state index in [9.17, 15) is 14.7 Å². The van der Waals surface area contributed by atoms with Crippen LogP contribution in [-0.2, 0) is 0 Å². The summed E-state index contributed by atoms with van der Waals surface area (Å²) in [5, 5.41) is 17.8. The molecule has 37 heavy (non-hydrogen) atoms. The SMILES string of the molecule is Nc1ncnc2c1c(-c1ccc(NC(=O)c3ccccc3)c3c1OCO3)nn2[C@@H]1CCCN(C(=O)O)C1. The first-order valence-corrected chi connectivity index (χ1v) is 11.8. The van der Waals surface area contributed by atoms with Crippen molar-refractivity contribution in [2.45, 2.75) is 18.9 Å². The van der Waals surface area contributed by atoms with E-state index in [1.807, 2.05) is 6.07 Å². The predicted molar refractivity (Wildman–Crippen MR) is 134 cm³/mol. The highest BCUT2D eigenvalue weighted by Gasteiger charge is 2.31. The van der Waals surface area contributed by atoms with E-state index in [0.29, 0.717) is 58.0 Å². The molecule has 0 unspecified atom stereocenters. The second kappa shape index (κ2) is 8.97. The van der Waals surface area contributed by atoms with Crippen LogP contribution < -0.4 is 20.5 Å². The molecule has 2 amide bonds. The Kier molecular flexibility index (Phi) is 5.48. The Labute approximate surface area is 210 Å². The molecule has 4 N–H and O–H groups in total. The maximum atomic E-state index is 12.7. The lowest BCUT2D eigenvalue weighted by atomic mass is 10.1. The second-order valence-corrected chi connectivity index (χ2v) is 8.82. The molecule has 1 atom stereocenters. The van der Waals surface area contributed by atoms with Crippen LogP contribution in [0.5, 0.6) is 11.5 Å². The van der Waals surface area contributed by atoms with E-state index in [2.05, 4.69) is 15.3 Å². The maximum Gasteiger partial charge on any atom is 0.407 e. The Balaban J connectivity index is 1.42. The van der Waals surface area contributed by atoms with Gasteiger partial charge < -0.3 is 30.5 Å². The smallest absolute Gasteiger partial charge is 0.407 e. The fourth-order valence-electron chi connectivity index (χ4n) is 4.83. The van der Waals surface area contributed by atoms with Crippen LogP contribution in [0.3, 0.4) is 0 Å². The Morgan fingerprint density at radius 3 is 2.70 bits per heavy atom. The molecule has 0 bridgehead atoms. The highest BCUT2D eigenvalue weighted by atomic mass is 16.7.